The third-order valence-corrected chi connectivity index (χ3v) is 11.0. The molecule has 1 rings (SSSR count). The van der Waals surface area contributed by atoms with E-state index < -0.39 is 8.80 Å². The van der Waals surface area contributed by atoms with Gasteiger partial charge < -0.3 is 13.3 Å². The van der Waals surface area contributed by atoms with Crippen molar-refractivity contribution in [3.63, 3.8) is 0 Å². The molecule has 0 heterocycles. The first-order chi connectivity index (χ1) is 19.7. The molecule has 0 N–H and O–H groups in total. The summed E-state index contributed by atoms with van der Waals surface area (Å²) in [6, 6.07) is 11.8. The molecule has 0 aliphatic rings. The highest BCUT2D eigenvalue weighted by molar-refractivity contribution is 6.60. The Morgan fingerprint density at radius 2 is 0.902 bits per heavy atom. The number of nitrogens with zero attached hydrogens (tertiary/aromatic N) is 1. The van der Waals surface area contributed by atoms with Gasteiger partial charge in [0.05, 0.1) is 0 Å². The lowest BCUT2D eigenvalue weighted by molar-refractivity contribution is 0.0698. The molecule has 0 amide bonds. The van der Waals surface area contributed by atoms with Gasteiger partial charge >= 0.3 is 8.80 Å². The van der Waals surface area contributed by atoms with Crippen molar-refractivity contribution in [1.82, 2.24) is 4.90 Å². The van der Waals surface area contributed by atoms with Gasteiger partial charge in [-0.05, 0) is 52.3 Å². The first kappa shape index (κ1) is 40.6. The largest absolute Gasteiger partial charge is 0.500 e. The summed E-state index contributed by atoms with van der Waals surface area (Å²) in [6.07, 6.45) is 25.2. The lowest BCUT2D eigenvalue weighted by Gasteiger charge is -2.30. The molecule has 0 bridgehead atoms. The van der Waals surface area contributed by atoms with Gasteiger partial charge in [0, 0.05) is 32.4 Å². The molecule has 0 saturated carbocycles. The predicted molar refractivity (Wildman–Crippen MR) is 183 cm³/mol. The monoisotopic (exact) mass is 613 g/mol. The molecule has 0 spiro atoms. The van der Waals surface area contributed by atoms with E-state index in [-0.39, 0.29) is 12.4 Å². The molecule has 0 unspecified atom stereocenters. The molecule has 41 heavy (non-hydrogen) atoms. The van der Waals surface area contributed by atoms with Crippen LogP contribution in [0.4, 0.5) is 0 Å². The quantitative estimate of drug-likeness (QED) is 0.0637. The summed E-state index contributed by atoms with van der Waals surface area (Å²) < 4.78 is 18.3. The minimum absolute atomic E-state index is 0. The minimum atomic E-state index is -2.56. The van der Waals surface area contributed by atoms with Crippen molar-refractivity contribution in [2.24, 2.45) is 0 Å². The van der Waals surface area contributed by atoms with E-state index in [1.54, 1.807) is 0 Å². The second-order valence-corrected chi connectivity index (χ2v) is 14.2. The number of unbranched alkanes of at least 4 members (excludes halogenated alkanes) is 16. The highest BCUT2D eigenvalue weighted by Crippen LogP contribution is 2.20. The molecule has 242 valence electrons. The average Bonchev–Trinajstić information content (AvgIpc) is 2.95. The lowest BCUT2D eigenvalue weighted by Crippen LogP contribution is -2.46. The first-order valence-corrected chi connectivity index (χ1v) is 19.3. The van der Waals surface area contributed by atoms with Crippen molar-refractivity contribution in [3.8, 4) is 0 Å². The second kappa shape index (κ2) is 29.6. The first-order valence-electron chi connectivity index (χ1n) is 17.4. The summed E-state index contributed by atoms with van der Waals surface area (Å²) in [4.78, 5) is 2.63. The van der Waals surface area contributed by atoms with Crippen LogP contribution in [0.5, 0.6) is 0 Å². The Bertz CT molecular complexity index is 635. The Morgan fingerprint density at radius 3 is 1.32 bits per heavy atom. The van der Waals surface area contributed by atoms with E-state index in [9.17, 15) is 0 Å². The number of hydrogen-bond acceptors (Lipinski definition) is 4. The molecular weight excluding hydrogens is 546 g/mol. The fourth-order valence-corrected chi connectivity index (χ4v) is 8.29. The molecule has 0 fully saturated rings. The third kappa shape index (κ3) is 22.7. The van der Waals surface area contributed by atoms with Gasteiger partial charge in [-0.2, -0.15) is 0 Å². The van der Waals surface area contributed by atoms with Crippen molar-refractivity contribution >= 4 is 21.2 Å². The van der Waals surface area contributed by atoms with Crippen molar-refractivity contribution in [2.75, 3.05) is 32.9 Å². The predicted octanol–water partition coefficient (Wildman–Crippen LogP) is 11.0. The van der Waals surface area contributed by atoms with Crippen LogP contribution in [-0.2, 0) is 19.8 Å². The van der Waals surface area contributed by atoms with E-state index in [1.165, 1.54) is 121 Å². The van der Waals surface area contributed by atoms with Crippen LogP contribution in [-0.4, -0.2) is 46.6 Å². The Balaban J connectivity index is 0.0000160. The molecule has 6 heteroatoms. The second-order valence-electron chi connectivity index (χ2n) is 11.5. The van der Waals surface area contributed by atoms with Gasteiger partial charge in [0.15, 0.2) is 0 Å². The van der Waals surface area contributed by atoms with E-state index in [1.807, 2.05) is 20.8 Å². The van der Waals surface area contributed by atoms with E-state index in [2.05, 4.69) is 42.2 Å². The Morgan fingerprint density at radius 1 is 0.512 bits per heavy atom. The normalized spacial score (nSPS) is 11.7. The fraction of sp³-hybridized carbons (Fsp3) is 0.829. The molecule has 0 atom stereocenters. The molecular formula is C35H68ClNO3Si. The zero-order valence-corrected chi connectivity index (χ0v) is 29.5. The molecule has 0 aromatic heterocycles. The summed E-state index contributed by atoms with van der Waals surface area (Å²) >= 11 is 0. The van der Waals surface area contributed by atoms with Gasteiger partial charge in [0.1, 0.15) is 0 Å². The van der Waals surface area contributed by atoms with Crippen LogP contribution in [0.25, 0.3) is 0 Å². The zero-order chi connectivity index (χ0) is 29.0. The Hall–Kier alpha value is -0.433. The van der Waals surface area contributed by atoms with Gasteiger partial charge in [-0.1, -0.05) is 140 Å². The number of hydrogen-bond donors (Lipinski definition) is 0. The highest BCUT2D eigenvalue weighted by atomic mass is 35.5. The lowest BCUT2D eigenvalue weighted by atomic mass is 10.0. The van der Waals surface area contributed by atoms with E-state index in [0.29, 0.717) is 19.8 Å². The number of benzene rings is 1. The van der Waals surface area contributed by atoms with Crippen molar-refractivity contribution < 1.29 is 13.3 Å². The van der Waals surface area contributed by atoms with Crippen LogP contribution in [0, 0.1) is 0 Å². The third-order valence-electron chi connectivity index (χ3n) is 7.88. The van der Waals surface area contributed by atoms with Crippen molar-refractivity contribution in [3.05, 3.63) is 35.9 Å². The van der Waals surface area contributed by atoms with Crippen LogP contribution in [0.2, 0.25) is 6.04 Å². The smallest absolute Gasteiger partial charge is 0.374 e. The highest BCUT2D eigenvalue weighted by Gasteiger charge is 2.39. The minimum Gasteiger partial charge on any atom is -0.374 e. The fourth-order valence-electron chi connectivity index (χ4n) is 5.69. The van der Waals surface area contributed by atoms with Gasteiger partial charge in [0.2, 0.25) is 0 Å². The molecule has 1 aromatic carbocycles. The van der Waals surface area contributed by atoms with Crippen LogP contribution >= 0.6 is 12.4 Å². The van der Waals surface area contributed by atoms with Crippen LogP contribution < -0.4 is 0 Å². The molecule has 0 radical (unpaired) electrons. The molecule has 4 nitrogen and oxygen atoms in total. The van der Waals surface area contributed by atoms with Crippen LogP contribution in [0.3, 0.4) is 0 Å². The van der Waals surface area contributed by atoms with E-state index in [4.69, 9.17) is 13.3 Å². The number of halogens is 1. The molecule has 0 saturated heterocycles. The van der Waals surface area contributed by atoms with Gasteiger partial charge in [-0.25, -0.2) is 0 Å². The average molecular weight is 614 g/mol. The standard InChI is InChI=1S/C35H67NO3Si.ClH/c1-5-9-10-11-12-13-14-15-16-17-18-19-20-21-22-23-27-31-36(34-35-29-25-24-26-30-35)32-28-33-40(37-6-2,38-7-3)39-8-4;/h24-26,29-30H,5-23,27-28,31-34H2,1-4H3;1H. The Labute approximate surface area is 263 Å². The van der Waals surface area contributed by atoms with E-state index in [0.717, 1.165) is 25.6 Å². The van der Waals surface area contributed by atoms with Crippen molar-refractivity contribution in [2.45, 2.75) is 156 Å². The summed E-state index contributed by atoms with van der Waals surface area (Å²) in [7, 11) is -2.56. The van der Waals surface area contributed by atoms with Crippen LogP contribution in [0.1, 0.15) is 149 Å². The van der Waals surface area contributed by atoms with Crippen molar-refractivity contribution in [1.29, 1.82) is 0 Å². The van der Waals surface area contributed by atoms with Crippen LogP contribution in [0.15, 0.2) is 30.3 Å². The zero-order valence-electron chi connectivity index (χ0n) is 27.6. The molecule has 0 aliphatic heterocycles. The van der Waals surface area contributed by atoms with Gasteiger partial charge in [-0.3, -0.25) is 4.90 Å². The summed E-state index contributed by atoms with van der Waals surface area (Å²) in [6.45, 7) is 13.6. The molecule has 0 aliphatic carbocycles. The maximum absolute atomic E-state index is 6.08. The van der Waals surface area contributed by atoms with E-state index >= 15 is 0 Å². The number of rotatable bonds is 30. The summed E-state index contributed by atoms with van der Waals surface area (Å²) in [5, 5.41) is 0. The maximum atomic E-state index is 6.08. The Kier molecular flexibility index (Phi) is 29.3. The van der Waals surface area contributed by atoms with Gasteiger partial charge in [0.25, 0.3) is 0 Å². The molecule has 1 aromatic rings. The maximum Gasteiger partial charge on any atom is 0.500 e. The summed E-state index contributed by atoms with van der Waals surface area (Å²) in [5.74, 6) is 0. The topological polar surface area (TPSA) is 30.9 Å². The summed E-state index contributed by atoms with van der Waals surface area (Å²) in [5.41, 5.74) is 1.40. The van der Waals surface area contributed by atoms with Gasteiger partial charge in [-0.15, -0.1) is 12.4 Å². The SMILES string of the molecule is CCCCCCCCCCCCCCCCCCCN(CCC[Si](OCC)(OCC)OCC)Cc1ccccc1.Cl.